The van der Waals surface area contributed by atoms with Crippen LogP contribution in [0, 0.1) is 0 Å². The van der Waals surface area contributed by atoms with Crippen molar-refractivity contribution in [3.05, 3.63) is 75.0 Å². The van der Waals surface area contributed by atoms with Gasteiger partial charge in [0.25, 0.3) is 0 Å². The topological polar surface area (TPSA) is 68.5 Å². The molecule has 0 fully saturated rings. The number of rotatable bonds is 4. The van der Waals surface area contributed by atoms with Crippen molar-refractivity contribution in [1.82, 2.24) is 4.57 Å². The number of pyridine rings is 1. The molecule has 0 spiro atoms. The highest BCUT2D eigenvalue weighted by atomic mass is 35.5. The first-order valence-electron chi connectivity index (χ1n) is 7.55. The van der Waals surface area contributed by atoms with Crippen LogP contribution in [0.2, 0.25) is 5.02 Å². The van der Waals surface area contributed by atoms with Gasteiger partial charge in [-0.05, 0) is 35.9 Å². The summed E-state index contributed by atoms with van der Waals surface area (Å²) in [7, 11) is 0. The molecule has 0 saturated heterocycles. The summed E-state index contributed by atoms with van der Waals surface area (Å²) in [6, 6.07) is 9.56. The number of aromatic carboxylic acids is 1. The number of hydrogen-bond acceptors (Lipinski definition) is 3. The van der Waals surface area contributed by atoms with Crippen LogP contribution in [0.5, 0.6) is 5.75 Å². The second-order valence-electron chi connectivity index (χ2n) is 5.66. The van der Waals surface area contributed by atoms with Gasteiger partial charge >= 0.3 is 12.3 Å². The van der Waals surface area contributed by atoms with Gasteiger partial charge in [0.05, 0.1) is 5.52 Å². The molecule has 0 radical (unpaired) electrons. The van der Waals surface area contributed by atoms with Crippen LogP contribution in [0.15, 0.2) is 53.5 Å². The van der Waals surface area contributed by atoms with E-state index in [-0.39, 0.29) is 17.7 Å². The number of carbonyl (C=O) groups is 1. The van der Waals surface area contributed by atoms with Crippen molar-refractivity contribution in [2.45, 2.75) is 12.9 Å². The standard InChI is InChI=1S/C18H11ClF3NO4/c19-11-3-6-13-15(7-11)23(9-14(16(13)24)17(25)26)8-10-1-4-12(5-2-10)27-18(20,21)22/h1-7,9H,8H2,(H,25,26). The molecular formula is C18H11ClF3NO4. The second kappa shape index (κ2) is 6.96. The molecule has 0 amide bonds. The van der Waals surface area contributed by atoms with Crippen LogP contribution < -0.4 is 10.2 Å². The SMILES string of the molecule is O=C(O)c1cn(Cc2ccc(OC(F)(F)F)cc2)c2cc(Cl)ccc2c1=O. The second-order valence-corrected chi connectivity index (χ2v) is 6.09. The van der Waals surface area contributed by atoms with Gasteiger partial charge in [0.2, 0.25) is 5.43 Å². The van der Waals surface area contributed by atoms with E-state index in [2.05, 4.69) is 4.74 Å². The van der Waals surface area contributed by atoms with Crippen molar-refractivity contribution in [3.63, 3.8) is 0 Å². The Labute approximate surface area is 155 Å². The lowest BCUT2D eigenvalue weighted by Gasteiger charge is -2.14. The van der Waals surface area contributed by atoms with Crippen molar-refractivity contribution in [1.29, 1.82) is 0 Å². The van der Waals surface area contributed by atoms with Crippen LogP contribution in [0.3, 0.4) is 0 Å². The van der Waals surface area contributed by atoms with Gasteiger partial charge in [0.15, 0.2) is 0 Å². The summed E-state index contributed by atoms with van der Waals surface area (Å²) in [5.74, 6) is -1.75. The molecule has 3 aromatic rings. The first kappa shape index (κ1) is 18.8. The maximum absolute atomic E-state index is 12.3. The Kier molecular flexibility index (Phi) is 4.84. The maximum Gasteiger partial charge on any atom is 0.573 e. The molecule has 1 aromatic heterocycles. The van der Waals surface area contributed by atoms with Crippen LogP contribution in [-0.4, -0.2) is 22.0 Å². The molecule has 0 aliphatic heterocycles. The number of halogens is 4. The van der Waals surface area contributed by atoms with E-state index in [1.807, 2.05) is 0 Å². The lowest BCUT2D eigenvalue weighted by atomic mass is 10.1. The van der Waals surface area contributed by atoms with Crippen molar-refractivity contribution in [2.75, 3.05) is 0 Å². The maximum atomic E-state index is 12.3. The van der Waals surface area contributed by atoms with Crippen molar-refractivity contribution in [3.8, 4) is 5.75 Å². The smallest absolute Gasteiger partial charge is 0.477 e. The van der Waals surface area contributed by atoms with Crippen LogP contribution >= 0.6 is 11.6 Å². The number of aromatic nitrogens is 1. The average Bonchev–Trinajstić information content (AvgIpc) is 2.57. The Hall–Kier alpha value is -3.00. The van der Waals surface area contributed by atoms with Crippen LogP contribution in [0.4, 0.5) is 13.2 Å². The highest BCUT2D eigenvalue weighted by molar-refractivity contribution is 6.31. The molecule has 5 nitrogen and oxygen atoms in total. The normalized spacial score (nSPS) is 11.6. The number of alkyl halides is 3. The van der Waals surface area contributed by atoms with E-state index < -0.39 is 23.3 Å². The lowest BCUT2D eigenvalue weighted by Crippen LogP contribution is -2.19. The lowest BCUT2D eigenvalue weighted by molar-refractivity contribution is -0.274. The molecule has 0 atom stereocenters. The zero-order chi connectivity index (χ0) is 19.8. The summed E-state index contributed by atoms with van der Waals surface area (Å²) < 4.78 is 42.0. The summed E-state index contributed by atoms with van der Waals surface area (Å²) in [6.45, 7) is 0.115. The van der Waals surface area contributed by atoms with Gasteiger partial charge in [0, 0.05) is 23.2 Å². The third-order valence-electron chi connectivity index (χ3n) is 3.78. The van der Waals surface area contributed by atoms with E-state index in [0.29, 0.717) is 16.1 Å². The number of ether oxygens (including phenoxy) is 1. The molecule has 0 bridgehead atoms. The average molecular weight is 398 g/mol. The fourth-order valence-corrected chi connectivity index (χ4v) is 2.81. The van der Waals surface area contributed by atoms with Crippen molar-refractivity contribution < 1.29 is 27.8 Å². The molecule has 0 unspecified atom stereocenters. The number of carboxylic acid groups (broad SMARTS) is 1. The van der Waals surface area contributed by atoms with E-state index in [4.69, 9.17) is 11.6 Å². The molecular weight excluding hydrogens is 387 g/mol. The zero-order valence-corrected chi connectivity index (χ0v) is 14.2. The third kappa shape index (κ3) is 4.22. The zero-order valence-electron chi connectivity index (χ0n) is 13.5. The quantitative estimate of drug-likeness (QED) is 0.712. The molecule has 0 aliphatic carbocycles. The number of carboxylic acids is 1. The van der Waals surface area contributed by atoms with Gasteiger partial charge in [-0.3, -0.25) is 4.79 Å². The molecule has 2 aromatic carbocycles. The Morgan fingerprint density at radius 1 is 1.15 bits per heavy atom. The van der Waals surface area contributed by atoms with Crippen LogP contribution in [0.25, 0.3) is 10.9 Å². The van der Waals surface area contributed by atoms with Gasteiger partial charge in [0.1, 0.15) is 11.3 Å². The van der Waals surface area contributed by atoms with Gasteiger partial charge in [-0.2, -0.15) is 0 Å². The largest absolute Gasteiger partial charge is 0.573 e. The highest BCUT2D eigenvalue weighted by Gasteiger charge is 2.30. The first-order chi connectivity index (χ1) is 12.6. The Bertz CT molecular complexity index is 1070. The summed E-state index contributed by atoms with van der Waals surface area (Å²) >= 11 is 5.98. The fraction of sp³-hybridized carbons (Fsp3) is 0.111. The molecule has 3 rings (SSSR count). The summed E-state index contributed by atoms with van der Waals surface area (Å²) in [5.41, 5.74) is -0.0694. The molecule has 1 heterocycles. The highest BCUT2D eigenvalue weighted by Crippen LogP contribution is 2.24. The molecule has 0 saturated carbocycles. The third-order valence-corrected chi connectivity index (χ3v) is 4.02. The first-order valence-corrected chi connectivity index (χ1v) is 7.92. The minimum absolute atomic E-state index is 0.115. The molecule has 27 heavy (non-hydrogen) atoms. The Balaban J connectivity index is 2.03. The predicted molar refractivity (Wildman–Crippen MR) is 92.4 cm³/mol. The van der Waals surface area contributed by atoms with Gasteiger partial charge in [-0.15, -0.1) is 13.2 Å². The molecule has 140 valence electrons. The van der Waals surface area contributed by atoms with E-state index >= 15 is 0 Å². The number of fused-ring (bicyclic) bond motifs is 1. The van der Waals surface area contributed by atoms with Gasteiger partial charge < -0.3 is 14.4 Å². The van der Waals surface area contributed by atoms with E-state index in [1.54, 1.807) is 0 Å². The predicted octanol–water partition coefficient (Wildman–Crippen LogP) is 4.30. The molecule has 1 N–H and O–H groups in total. The Morgan fingerprint density at radius 2 is 1.81 bits per heavy atom. The van der Waals surface area contributed by atoms with Gasteiger partial charge in [-0.1, -0.05) is 23.7 Å². The minimum atomic E-state index is -4.79. The number of benzene rings is 2. The summed E-state index contributed by atoms with van der Waals surface area (Å²) in [4.78, 5) is 23.7. The van der Waals surface area contributed by atoms with E-state index in [9.17, 15) is 27.9 Å². The molecule has 9 heteroatoms. The van der Waals surface area contributed by atoms with Crippen molar-refractivity contribution >= 4 is 28.5 Å². The van der Waals surface area contributed by atoms with Gasteiger partial charge in [-0.25, -0.2) is 4.79 Å². The van der Waals surface area contributed by atoms with Crippen LogP contribution in [-0.2, 0) is 6.54 Å². The number of nitrogens with zero attached hydrogens (tertiary/aromatic N) is 1. The Morgan fingerprint density at radius 3 is 2.41 bits per heavy atom. The van der Waals surface area contributed by atoms with Crippen molar-refractivity contribution in [2.24, 2.45) is 0 Å². The molecule has 0 aliphatic rings. The van der Waals surface area contributed by atoms with E-state index in [0.717, 1.165) is 12.1 Å². The fourth-order valence-electron chi connectivity index (χ4n) is 2.64. The van der Waals surface area contributed by atoms with Crippen LogP contribution in [0.1, 0.15) is 15.9 Å². The monoisotopic (exact) mass is 397 g/mol. The van der Waals surface area contributed by atoms with E-state index in [1.165, 1.54) is 41.1 Å². The number of hydrogen-bond donors (Lipinski definition) is 1. The summed E-state index contributed by atoms with van der Waals surface area (Å²) in [5, 5.41) is 9.78. The summed E-state index contributed by atoms with van der Waals surface area (Å²) in [6.07, 6.45) is -3.60. The minimum Gasteiger partial charge on any atom is -0.477 e.